The zero-order valence-corrected chi connectivity index (χ0v) is 15.8. The number of hydrogen-bond acceptors (Lipinski definition) is 4. The highest BCUT2D eigenvalue weighted by molar-refractivity contribution is 7.92. The van der Waals surface area contributed by atoms with Gasteiger partial charge in [0, 0.05) is 24.4 Å². The van der Waals surface area contributed by atoms with Crippen LogP contribution >= 0.6 is 0 Å². The number of sulfonamides is 1. The Bertz CT molecular complexity index is 1340. The Balaban J connectivity index is 1.67. The summed E-state index contributed by atoms with van der Waals surface area (Å²) in [6.07, 6.45) is 0. The Hall–Kier alpha value is -3.45. The molecule has 0 aliphatic carbocycles. The summed E-state index contributed by atoms with van der Waals surface area (Å²) in [4.78, 5) is 11.7. The lowest BCUT2D eigenvalue weighted by atomic mass is 10.1. The molecule has 0 saturated heterocycles. The van der Waals surface area contributed by atoms with Crippen molar-refractivity contribution in [2.75, 3.05) is 4.72 Å². The lowest BCUT2D eigenvalue weighted by molar-refractivity contribution is 0.601. The maximum absolute atomic E-state index is 12.8. The Morgan fingerprint density at radius 1 is 0.857 bits per heavy atom. The van der Waals surface area contributed by atoms with E-state index in [1.54, 1.807) is 55.6 Å². The van der Waals surface area contributed by atoms with E-state index in [0.717, 1.165) is 10.8 Å². The van der Waals surface area contributed by atoms with Gasteiger partial charge in [-0.15, -0.1) is 0 Å². The van der Waals surface area contributed by atoms with Crippen LogP contribution in [0.3, 0.4) is 0 Å². The quantitative estimate of drug-likeness (QED) is 0.578. The minimum atomic E-state index is -3.74. The van der Waals surface area contributed by atoms with Gasteiger partial charge >= 0.3 is 0 Å². The van der Waals surface area contributed by atoms with Crippen LogP contribution in [0.1, 0.15) is 0 Å². The molecule has 0 unspecified atom stereocenters. The molecule has 28 heavy (non-hydrogen) atoms. The molecule has 0 fully saturated rings. The van der Waals surface area contributed by atoms with E-state index in [2.05, 4.69) is 9.82 Å². The third kappa shape index (κ3) is 3.52. The Kier molecular flexibility index (Phi) is 4.44. The summed E-state index contributed by atoms with van der Waals surface area (Å²) in [5, 5.41) is 6.03. The zero-order chi connectivity index (χ0) is 19.7. The SMILES string of the molecule is Cn1nc(-c2cccc(NS(=O)(=O)c3ccc4ccccc4c3)c2)ccc1=O. The first-order chi connectivity index (χ1) is 13.4. The molecule has 0 amide bonds. The van der Waals surface area contributed by atoms with Crippen LogP contribution in [-0.4, -0.2) is 18.2 Å². The van der Waals surface area contributed by atoms with Crippen LogP contribution in [0, 0.1) is 0 Å². The van der Waals surface area contributed by atoms with Crippen molar-refractivity contribution in [3.63, 3.8) is 0 Å². The molecule has 0 radical (unpaired) electrons. The van der Waals surface area contributed by atoms with Crippen molar-refractivity contribution in [3.8, 4) is 11.3 Å². The molecule has 0 atom stereocenters. The molecule has 6 nitrogen and oxygen atoms in total. The Morgan fingerprint density at radius 2 is 1.64 bits per heavy atom. The van der Waals surface area contributed by atoms with Gasteiger partial charge in [0.15, 0.2) is 0 Å². The average Bonchev–Trinajstić information content (AvgIpc) is 2.69. The van der Waals surface area contributed by atoms with Crippen molar-refractivity contribution in [2.24, 2.45) is 7.05 Å². The number of nitrogens with one attached hydrogen (secondary N) is 1. The Morgan fingerprint density at radius 3 is 2.43 bits per heavy atom. The summed E-state index contributed by atoms with van der Waals surface area (Å²) in [7, 11) is -2.18. The highest BCUT2D eigenvalue weighted by Gasteiger charge is 2.15. The third-order valence-electron chi connectivity index (χ3n) is 4.40. The van der Waals surface area contributed by atoms with Gasteiger partial charge in [0.1, 0.15) is 0 Å². The van der Waals surface area contributed by atoms with Crippen LogP contribution in [-0.2, 0) is 17.1 Å². The summed E-state index contributed by atoms with van der Waals surface area (Å²) in [6.45, 7) is 0. The second-order valence-corrected chi connectivity index (χ2v) is 8.06. The lowest BCUT2D eigenvalue weighted by Crippen LogP contribution is -2.18. The second kappa shape index (κ2) is 6.94. The van der Waals surface area contributed by atoms with Gasteiger partial charge in [-0.25, -0.2) is 13.1 Å². The van der Waals surface area contributed by atoms with Crippen molar-refractivity contribution in [2.45, 2.75) is 4.90 Å². The van der Waals surface area contributed by atoms with Crippen LogP contribution in [0.4, 0.5) is 5.69 Å². The second-order valence-electron chi connectivity index (χ2n) is 6.38. The molecular formula is C21H17N3O3S. The molecule has 0 aliphatic heterocycles. The first-order valence-electron chi connectivity index (χ1n) is 8.59. The fourth-order valence-electron chi connectivity index (χ4n) is 2.95. The third-order valence-corrected chi connectivity index (χ3v) is 5.78. The van der Waals surface area contributed by atoms with E-state index < -0.39 is 10.0 Å². The number of nitrogens with zero attached hydrogens (tertiary/aromatic N) is 2. The van der Waals surface area contributed by atoms with Crippen LogP contribution in [0.2, 0.25) is 0 Å². The molecule has 0 aliphatic rings. The average molecular weight is 391 g/mol. The summed E-state index contributed by atoms with van der Waals surface area (Å²) in [5.41, 5.74) is 1.49. The normalized spacial score (nSPS) is 11.5. The van der Waals surface area contributed by atoms with Crippen molar-refractivity contribution >= 4 is 26.5 Å². The maximum Gasteiger partial charge on any atom is 0.266 e. The van der Waals surface area contributed by atoms with Gasteiger partial charge in [0.25, 0.3) is 15.6 Å². The summed E-state index contributed by atoms with van der Waals surface area (Å²) < 4.78 is 29.5. The summed E-state index contributed by atoms with van der Waals surface area (Å²) in [5.74, 6) is 0. The van der Waals surface area contributed by atoms with Crippen LogP contribution in [0.15, 0.2) is 88.6 Å². The van der Waals surface area contributed by atoms with Crippen molar-refractivity contribution < 1.29 is 8.42 Å². The minimum Gasteiger partial charge on any atom is -0.280 e. The van der Waals surface area contributed by atoms with E-state index in [-0.39, 0.29) is 10.5 Å². The molecule has 1 N–H and O–H groups in total. The number of benzene rings is 3. The molecule has 0 spiro atoms. The standard InChI is InChI=1S/C21H17N3O3S/c1-24-21(25)12-11-20(22-24)17-7-4-8-18(13-17)23-28(26,27)19-10-9-15-5-2-3-6-16(15)14-19/h2-14,23H,1H3. The molecule has 0 bridgehead atoms. The largest absolute Gasteiger partial charge is 0.280 e. The number of aromatic nitrogens is 2. The van der Waals surface area contributed by atoms with Crippen molar-refractivity contribution in [1.82, 2.24) is 9.78 Å². The van der Waals surface area contributed by atoms with Gasteiger partial charge in [-0.1, -0.05) is 42.5 Å². The predicted octanol–water partition coefficient (Wildman–Crippen LogP) is 3.40. The molecular weight excluding hydrogens is 374 g/mol. The van der Waals surface area contributed by atoms with Gasteiger partial charge in [0.2, 0.25) is 0 Å². The maximum atomic E-state index is 12.8. The zero-order valence-electron chi connectivity index (χ0n) is 15.0. The van der Waals surface area contributed by atoms with Crippen LogP contribution in [0.25, 0.3) is 22.0 Å². The van der Waals surface area contributed by atoms with Gasteiger partial charge in [-0.2, -0.15) is 5.10 Å². The van der Waals surface area contributed by atoms with Gasteiger partial charge < -0.3 is 0 Å². The number of fused-ring (bicyclic) bond motifs is 1. The van der Waals surface area contributed by atoms with Crippen LogP contribution in [0.5, 0.6) is 0 Å². The smallest absolute Gasteiger partial charge is 0.266 e. The highest BCUT2D eigenvalue weighted by atomic mass is 32.2. The van der Waals surface area contributed by atoms with E-state index in [0.29, 0.717) is 16.9 Å². The first-order valence-corrected chi connectivity index (χ1v) is 10.1. The first kappa shape index (κ1) is 17.9. The van der Waals surface area contributed by atoms with Crippen LogP contribution < -0.4 is 10.3 Å². The number of aryl methyl sites for hydroxylation is 1. The van der Waals surface area contributed by atoms with E-state index in [1.165, 1.54) is 10.7 Å². The molecule has 4 aromatic rings. The van der Waals surface area contributed by atoms with Gasteiger partial charge in [-0.3, -0.25) is 9.52 Å². The predicted molar refractivity (Wildman–Crippen MR) is 110 cm³/mol. The molecule has 7 heteroatoms. The number of hydrogen-bond donors (Lipinski definition) is 1. The number of anilines is 1. The van der Waals surface area contributed by atoms with E-state index in [1.807, 2.05) is 24.3 Å². The van der Waals surface area contributed by atoms with Gasteiger partial charge in [0.05, 0.1) is 10.6 Å². The fraction of sp³-hybridized carbons (Fsp3) is 0.0476. The van der Waals surface area contributed by atoms with E-state index in [4.69, 9.17) is 0 Å². The lowest BCUT2D eigenvalue weighted by Gasteiger charge is -2.10. The molecule has 1 aromatic heterocycles. The number of rotatable bonds is 4. The van der Waals surface area contributed by atoms with E-state index in [9.17, 15) is 13.2 Å². The molecule has 140 valence electrons. The molecule has 1 heterocycles. The highest BCUT2D eigenvalue weighted by Crippen LogP contribution is 2.24. The van der Waals surface area contributed by atoms with Crippen molar-refractivity contribution in [1.29, 1.82) is 0 Å². The monoisotopic (exact) mass is 391 g/mol. The fourth-order valence-corrected chi connectivity index (χ4v) is 4.03. The van der Waals surface area contributed by atoms with Gasteiger partial charge in [-0.05, 0) is 41.1 Å². The molecule has 3 aromatic carbocycles. The summed E-state index contributed by atoms with van der Waals surface area (Å²) >= 11 is 0. The van der Waals surface area contributed by atoms with Crippen molar-refractivity contribution in [3.05, 3.63) is 89.2 Å². The summed E-state index contributed by atoms with van der Waals surface area (Å²) in [6, 6.07) is 22.5. The minimum absolute atomic E-state index is 0.192. The topological polar surface area (TPSA) is 81.1 Å². The van der Waals surface area contributed by atoms with E-state index >= 15 is 0 Å². The molecule has 0 saturated carbocycles. The Labute approximate surface area is 162 Å². The molecule has 4 rings (SSSR count).